The van der Waals surface area contributed by atoms with Crippen LogP contribution in [-0.4, -0.2) is 9.97 Å². The molecule has 2 aromatic heterocycles. The molecular formula is C16H14FN3. The summed E-state index contributed by atoms with van der Waals surface area (Å²) in [5.74, 6) is -0.301. The number of benzene rings is 1. The second-order valence-electron chi connectivity index (χ2n) is 4.74. The van der Waals surface area contributed by atoms with Crippen molar-refractivity contribution in [1.82, 2.24) is 9.97 Å². The summed E-state index contributed by atoms with van der Waals surface area (Å²) in [6.45, 7) is 1.86. The van der Waals surface area contributed by atoms with Gasteiger partial charge in [0.15, 0.2) is 0 Å². The summed E-state index contributed by atoms with van der Waals surface area (Å²) in [6, 6.07) is 11.9. The minimum atomic E-state index is -0.301. The van der Waals surface area contributed by atoms with Crippen LogP contribution in [0.4, 0.5) is 4.39 Å². The van der Waals surface area contributed by atoms with Crippen molar-refractivity contribution >= 4 is 11.0 Å². The third-order valence-corrected chi connectivity index (χ3v) is 3.23. The van der Waals surface area contributed by atoms with Crippen LogP contribution in [0.1, 0.15) is 18.5 Å². The van der Waals surface area contributed by atoms with Gasteiger partial charge in [-0.2, -0.15) is 0 Å². The molecule has 1 atom stereocenters. The van der Waals surface area contributed by atoms with E-state index in [-0.39, 0.29) is 11.9 Å². The molecule has 0 fully saturated rings. The number of halogens is 1. The highest BCUT2D eigenvalue weighted by molar-refractivity contribution is 5.80. The van der Waals surface area contributed by atoms with Gasteiger partial charge in [0, 0.05) is 17.8 Å². The van der Waals surface area contributed by atoms with Gasteiger partial charge in [-0.1, -0.05) is 12.1 Å². The first-order valence-electron chi connectivity index (χ1n) is 6.43. The zero-order valence-electron chi connectivity index (χ0n) is 11.0. The molecule has 1 aromatic carbocycles. The van der Waals surface area contributed by atoms with Crippen molar-refractivity contribution in [2.24, 2.45) is 5.73 Å². The topological polar surface area (TPSA) is 51.8 Å². The molecular weight excluding hydrogens is 253 g/mol. The van der Waals surface area contributed by atoms with E-state index in [4.69, 9.17) is 5.73 Å². The number of rotatable bonds is 2. The first-order valence-corrected chi connectivity index (χ1v) is 6.43. The first kappa shape index (κ1) is 12.7. The van der Waals surface area contributed by atoms with Gasteiger partial charge in [0.05, 0.1) is 16.7 Å². The van der Waals surface area contributed by atoms with E-state index >= 15 is 0 Å². The molecule has 0 aliphatic carbocycles. The standard InChI is InChI=1S/C16H14FN3/c1-10(18)12-9-15-14(7-4-8-19-15)20-16(12)11-5-2-3-6-13(11)17/h2-10H,18H2,1H3. The number of fused-ring (bicyclic) bond motifs is 1. The molecule has 0 saturated heterocycles. The molecule has 0 aliphatic heterocycles. The Morgan fingerprint density at radius 2 is 1.90 bits per heavy atom. The summed E-state index contributed by atoms with van der Waals surface area (Å²) in [4.78, 5) is 8.81. The molecule has 3 nitrogen and oxygen atoms in total. The molecule has 2 heterocycles. The molecule has 0 bridgehead atoms. The van der Waals surface area contributed by atoms with Gasteiger partial charge in [0.1, 0.15) is 5.82 Å². The lowest BCUT2D eigenvalue weighted by Crippen LogP contribution is -2.09. The predicted molar refractivity (Wildman–Crippen MR) is 77.5 cm³/mol. The lowest BCUT2D eigenvalue weighted by Gasteiger charge is -2.13. The normalized spacial score (nSPS) is 12.6. The SMILES string of the molecule is CC(N)c1cc2ncccc2nc1-c1ccccc1F. The zero-order valence-corrected chi connectivity index (χ0v) is 11.0. The van der Waals surface area contributed by atoms with Gasteiger partial charge in [-0.3, -0.25) is 4.98 Å². The van der Waals surface area contributed by atoms with Crippen LogP contribution in [0.2, 0.25) is 0 Å². The van der Waals surface area contributed by atoms with Crippen LogP contribution in [0.15, 0.2) is 48.7 Å². The Morgan fingerprint density at radius 1 is 1.10 bits per heavy atom. The van der Waals surface area contributed by atoms with E-state index in [1.165, 1.54) is 6.07 Å². The van der Waals surface area contributed by atoms with Gasteiger partial charge in [-0.05, 0) is 42.8 Å². The number of hydrogen-bond donors (Lipinski definition) is 1. The Kier molecular flexibility index (Phi) is 3.16. The Balaban J connectivity index is 2.33. The van der Waals surface area contributed by atoms with Crippen LogP contribution in [0.5, 0.6) is 0 Å². The third-order valence-electron chi connectivity index (χ3n) is 3.23. The molecule has 20 heavy (non-hydrogen) atoms. The van der Waals surface area contributed by atoms with Crippen molar-refractivity contribution in [2.75, 3.05) is 0 Å². The average molecular weight is 267 g/mol. The Labute approximate surface area is 116 Å². The van der Waals surface area contributed by atoms with Crippen LogP contribution in [-0.2, 0) is 0 Å². The fourth-order valence-corrected chi connectivity index (χ4v) is 2.23. The Morgan fingerprint density at radius 3 is 2.65 bits per heavy atom. The Bertz CT molecular complexity index is 769. The maximum absolute atomic E-state index is 14.0. The quantitative estimate of drug-likeness (QED) is 0.773. The number of nitrogens with two attached hydrogens (primary N) is 1. The number of aromatic nitrogens is 2. The van der Waals surface area contributed by atoms with Crippen LogP contribution in [0, 0.1) is 5.82 Å². The minimum absolute atomic E-state index is 0.247. The summed E-state index contributed by atoms with van der Waals surface area (Å²) in [5.41, 5.74) is 9.34. The van der Waals surface area contributed by atoms with Crippen molar-refractivity contribution in [1.29, 1.82) is 0 Å². The number of nitrogens with zero attached hydrogens (tertiary/aromatic N) is 2. The summed E-state index contributed by atoms with van der Waals surface area (Å²) < 4.78 is 14.0. The van der Waals surface area contributed by atoms with Gasteiger partial charge in [0.2, 0.25) is 0 Å². The molecule has 0 radical (unpaired) electrons. The summed E-state index contributed by atoms with van der Waals surface area (Å²) >= 11 is 0. The van der Waals surface area contributed by atoms with Crippen molar-refractivity contribution < 1.29 is 4.39 Å². The summed E-state index contributed by atoms with van der Waals surface area (Å²) in [5, 5.41) is 0. The highest BCUT2D eigenvalue weighted by atomic mass is 19.1. The lowest BCUT2D eigenvalue weighted by atomic mass is 10.00. The number of pyridine rings is 2. The Hall–Kier alpha value is -2.33. The van der Waals surface area contributed by atoms with Crippen molar-refractivity contribution in [2.45, 2.75) is 13.0 Å². The highest BCUT2D eigenvalue weighted by Crippen LogP contribution is 2.29. The lowest BCUT2D eigenvalue weighted by molar-refractivity contribution is 0.630. The van der Waals surface area contributed by atoms with Crippen LogP contribution in [0.25, 0.3) is 22.3 Å². The average Bonchev–Trinajstić information content (AvgIpc) is 2.46. The second-order valence-corrected chi connectivity index (χ2v) is 4.74. The molecule has 1 unspecified atom stereocenters. The van der Waals surface area contributed by atoms with Gasteiger partial charge >= 0.3 is 0 Å². The first-order chi connectivity index (χ1) is 9.66. The molecule has 3 rings (SSSR count). The maximum Gasteiger partial charge on any atom is 0.132 e. The van der Waals surface area contributed by atoms with Crippen molar-refractivity contribution in [3.8, 4) is 11.3 Å². The highest BCUT2D eigenvalue weighted by Gasteiger charge is 2.15. The van der Waals surface area contributed by atoms with Crippen molar-refractivity contribution in [3.05, 3.63) is 60.0 Å². The van der Waals surface area contributed by atoms with Crippen LogP contribution < -0.4 is 5.73 Å². The summed E-state index contributed by atoms with van der Waals surface area (Å²) in [7, 11) is 0. The fraction of sp³-hybridized carbons (Fsp3) is 0.125. The second kappa shape index (κ2) is 4.98. The molecule has 3 aromatic rings. The van der Waals surface area contributed by atoms with E-state index in [0.717, 1.165) is 16.6 Å². The molecule has 2 N–H and O–H groups in total. The third kappa shape index (κ3) is 2.14. The van der Waals surface area contributed by atoms with E-state index in [1.807, 2.05) is 25.1 Å². The molecule has 0 aliphatic rings. The van der Waals surface area contributed by atoms with E-state index in [1.54, 1.807) is 24.4 Å². The molecule has 0 saturated carbocycles. The predicted octanol–water partition coefficient (Wildman–Crippen LogP) is 3.46. The molecule has 0 spiro atoms. The van der Waals surface area contributed by atoms with E-state index < -0.39 is 0 Å². The van der Waals surface area contributed by atoms with Gasteiger partial charge in [-0.25, -0.2) is 9.37 Å². The van der Waals surface area contributed by atoms with E-state index in [2.05, 4.69) is 9.97 Å². The largest absolute Gasteiger partial charge is 0.324 e. The van der Waals surface area contributed by atoms with Crippen molar-refractivity contribution in [3.63, 3.8) is 0 Å². The monoisotopic (exact) mass is 267 g/mol. The van der Waals surface area contributed by atoms with Crippen LogP contribution >= 0.6 is 0 Å². The zero-order chi connectivity index (χ0) is 14.1. The summed E-state index contributed by atoms with van der Waals surface area (Å²) in [6.07, 6.45) is 1.71. The molecule has 4 heteroatoms. The molecule has 0 amide bonds. The number of hydrogen-bond acceptors (Lipinski definition) is 3. The van der Waals surface area contributed by atoms with Crippen LogP contribution in [0.3, 0.4) is 0 Å². The van der Waals surface area contributed by atoms with Gasteiger partial charge < -0.3 is 5.73 Å². The smallest absolute Gasteiger partial charge is 0.132 e. The molecule has 100 valence electrons. The van der Waals surface area contributed by atoms with Gasteiger partial charge in [-0.15, -0.1) is 0 Å². The van der Waals surface area contributed by atoms with Gasteiger partial charge in [0.25, 0.3) is 0 Å². The minimum Gasteiger partial charge on any atom is -0.324 e. The van der Waals surface area contributed by atoms with E-state index in [9.17, 15) is 4.39 Å². The maximum atomic E-state index is 14.0. The fourth-order valence-electron chi connectivity index (χ4n) is 2.23. The van der Waals surface area contributed by atoms with E-state index in [0.29, 0.717) is 11.3 Å².